The van der Waals surface area contributed by atoms with Crippen molar-refractivity contribution in [2.24, 2.45) is 0 Å². The summed E-state index contributed by atoms with van der Waals surface area (Å²) in [5.74, 6) is 0.621. The first-order valence-electron chi connectivity index (χ1n) is 8.48. The smallest absolute Gasteiger partial charge is 0.238 e. The summed E-state index contributed by atoms with van der Waals surface area (Å²) >= 11 is 0. The molecule has 1 amide bonds. The SMILES string of the molecule is CC(C)c1ccc(NC(=O)CN2CCN3CCC[C@H]3C2)cc1. The molecular weight excluding hydrogens is 274 g/mol. The Morgan fingerprint density at radius 2 is 2.00 bits per heavy atom. The van der Waals surface area contributed by atoms with E-state index < -0.39 is 0 Å². The summed E-state index contributed by atoms with van der Waals surface area (Å²) < 4.78 is 0. The van der Waals surface area contributed by atoms with Crippen LogP contribution in [0.4, 0.5) is 5.69 Å². The minimum Gasteiger partial charge on any atom is -0.325 e. The number of nitrogens with one attached hydrogen (secondary N) is 1. The maximum absolute atomic E-state index is 12.2. The highest BCUT2D eigenvalue weighted by Gasteiger charge is 2.30. The number of benzene rings is 1. The van der Waals surface area contributed by atoms with Gasteiger partial charge in [0.15, 0.2) is 0 Å². The van der Waals surface area contributed by atoms with Crippen molar-refractivity contribution in [3.8, 4) is 0 Å². The molecule has 22 heavy (non-hydrogen) atoms. The monoisotopic (exact) mass is 301 g/mol. The number of amides is 1. The van der Waals surface area contributed by atoms with Crippen molar-refractivity contribution in [3.63, 3.8) is 0 Å². The summed E-state index contributed by atoms with van der Waals surface area (Å²) in [4.78, 5) is 17.1. The van der Waals surface area contributed by atoms with Gasteiger partial charge in [-0.15, -0.1) is 0 Å². The van der Waals surface area contributed by atoms with Crippen molar-refractivity contribution in [2.45, 2.75) is 38.6 Å². The molecule has 0 bridgehead atoms. The van der Waals surface area contributed by atoms with E-state index in [2.05, 4.69) is 41.1 Å². The van der Waals surface area contributed by atoms with Gasteiger partial charge in [0.25, 0.3) is 0 Å². The molecule has 0 unspecified atom stereocenters. The lowest BCUT2D eigenvalue weighted by Gasteiger charge is -2.37. The lowest BCUT2D eigenvalue weighted by molar-refractivity contribution is -0.117. The van der Waals surface area contributed by atoms with Crippen LogP contribution < -0.4 is 5.32 Å². The van der Waals surface area contributed by atoms with E-state index in [9.17, 15) is 4.79 Å². The number of carbonyl (C=O) groups is 1. The number of rotatable bonds is 4. The lowest BCUT2D eigenvalue weighted by atomic mass is 10.0. The van der Waals surface area contributed by atoms with Gasteiger partial charge in [0, 0.05) is 31.4 Å². The highest BCUT2D eigenvalue weighted by Crippen LogP contribution is 2.21. The van der Waals surface area contributed by atoms with Crippen molar-refractivity contribution in [3.05, 3.63) is 29.8 Å². The van der Waals surface area contributed by atoms with Crippen LogP contribution in [0.3, 0.4) is 0 Å². The lowest BCUT2D eigenvalue weighted by Crippen LogP contribution is -2.51. The normalized spacial score (nSPS) is 22.8. The number of nitrogens with zero attached hydrogens (tertiary/aromatic N) is 2. The first kappa shape index (κ1) is 15.5. The Bertz CT molecular complexity index is 512. The summed E-state index contributed by atoms with van der Waals surface area (Å²) in [5, 5.41) is 3.02. The predicted molar refractivity (Wildman–Crippen MR) is 90.2 cm³/mol. The van der Waals surface area contributed by atoms with Crippen LogP contribution in [0.25, 0.3) is 0 Å². The largest absolute Gasteiger partial charge is 0.325 e. The van der Waals surface area contributed by atoms with E-state index in [1.807, 2.05) is 12.1 Å². The van der Waals surface area contributed by atoms with Crippen LogP contribution >= 0.6 is 0 Å². The topological polar surface area (TPSA) is 35.6 Å². The number of hydrogen-bond donors (Lipinski definition) is 1. The van der Waals surface area contributed by atoms with Gasteiger partial charge in [0.1, 0.15) is 0 Å². The molecule has 0 saturated carbocycles. The molecule has 1 aromatic carbocycles. The maximum atomic E-state index is 12.2. The fourth-order valence-corrected chi connectivity index (χ4v) is 3.55. The molecular formula is C18H27N3O. The molecule has 3 rings (SSSR count). The molecule has 0 aromatic heterocycles. The van der Waals surface area contributed by atoms with Crippen LogP contribution in [0.1, 0.15) is 38.2 Å². The zero-order valence-electron chi connectivity index (χ0n) is 13.7. The average Bonchev–Trinajstić information content (AvgIpc) is 2.95. The number of carbonyl (C=O) groups excluding carboxylic acids is 1. The van der Waals surface area contributed by atoms with Gasteiger partial charge < -0.3 is 5.32 Å². The molecule has 2 aliphatic rings. The van der Waals surface area contributed by atoms with E-state index >= 15 is 0 Å². The van der Waals surface area contributed by atoms with Crippen LogP contribution in [0.5, 0.6) is 0 Å². The second-order valence-corrected chi connectivity index (χ2v) is 6.89. The molecule has 4 nitrogen and oxygen atoms in total. The van der Waals surface area contributed by atoms with E-state index in [4.69, 9.17) is 0 Å². The molecule has 1 aromatic rings. The Labute approximate surface area is 133 Å². The third kappa shape index (κ3) is 3.68. The van der Waals surface area contributed by atoms with E-state index in [0.29, 0.717) is 18.5 Å². The standard InChI is InChI=1S/C18H27N3O/c1-14(2)15-5-7-16(8-6-15)19-18(22)13-20-10-11-21-9-3-4-17(21)12-20/h5-8,14,17H,3-4,9-13H2,1-2H3,(H,19,22)/t17-/m0/s1. The summed E-state index contributed by atoms with van der Waals surface area (Å²) in [6.45, 7) is 9.27. The van der Waals surface area contributed by atoms with Gasteiger partial charge in [0.2, 0.25) is 5.91 Å². The van der Waals surface area contributed by atoms with Crippen molar-refractivity contribution in [2.75, 3.05) is 38.0 Å². The second kappa shape index (κ2) is 6.80. The Hall–Kier alpha value is -1.39. The third-order valence-corrected chi connectivity index (χ3v) is 4.90. The van der Waals surface area contributed by atoms with Gasteiger partial charge >= 0.3 is 0 Å². The van der Waals surface area contributed by atoms with Crippen LogP contribution in [-0.2, 0) is 4.79 Å². The molecule has 2 saturated heterocycles. The van der Waals surface area contributed by atoms with Gasteiger partial charge in [-0.2, -0.15) is 0 Å². The van der Waals surface area contributed by atoms with E-state index in [0.717, 1.165) is 25.3 Å². The highest BCUT2D eigenvalue weighted by atomic mass is 16.2. The summed E-state index contributed by atoms with van der Waals surface area (Å²) in [7, 11) is 0. The van der Waals surface area contributed by atoms with Gasteiger partial charge in [-0.3, -0.25) is 14.6 Å². The number of anilines is 1. The van der Waals surface area contributed by atoms with E-state index in [-0.39, 0.29) is 5.91 Å². The molecule has 2 heterocycles. The fraction of sp³-hybridized carbons (Fsp3) is 0.611. The van der Waals surface area contributed by atoms with E-state index in [1.165, 1.54) is 24.9 Å². The molecule has 1 atom stereocenters. The predicted octanol–water partition coefficient (Wildman–Crippen LogP) is 2.53. The Balaban J connectivity index is 1.49. The van der Waals surface area contributed by atoms with Crippen LogP contribution in [0.15, 0.2) is 24.3 Å². The summed E-state index contributed by atoms with van der Waals surface area (Å²) in [5.41, 5.74) is 2.20. The minimum atomic E-state index is 0.101. The molecule has 2 aliphatic heterocycles. The average molecular weight is 301 g/mol. The van der Waals surface area contributed by atoms with Crippen molar-refractivity contribution in [1.29, 1.82) is 0 Å². The Morgan fingerprint density at radius 1 is 1.23 bits per heavy atom. The number of piperazine rings is 1. The molecule has 1 N–H and O–H groups in total. The number of hydrogen-bond acceptors (Lipinski definition) is 3. The molecule has 0 aliphatic carbocycles. The maximum Gasteiger partial charge on any atom is 0.238 e. The zero-order chi connectivity index (χ0) is 15.5. The number of fused-ring (bicyclic) bond motifs is 1. The van der Waals surface area contributed by atoms with Gasteiger partial charge in [-0.1, -0.05) is 26.0 Å². The Morgan fingerprint density at radius 3 is 2.73 bits per heavy atom. The zero-order valence-corrected chi connectivity index (χ0v) is 13.7. The summed E-state index contributed by atoms with van der Waals surface area (Å²) in [6.07, 6.45) is 2.60. The van der Waals surface area contributed by atoms with Crippen molar-refractivity contribution >= 4 is 11.6 Å². The molecule has 0 radical (unpaired) electrons. The van der Waals surface area contributed by atoms with Gasteiger partial charge in [-0.05, 0) is 43.0 Å². The first-order chi connectivity index (χ1) is 10.6. The van der Waals surface area contributed by atoms with Crippen molar-refractivity contribution < 1.29 is 4.79 Å². The van der Waals surface area contributed by atoms with Crippen LogP contribution in [-0.4, -0.2) is 54.5 Å². The minimum absolute atomic E-state index is 0.101. The second-order valence-electron chi connectivity index (χ2n) is 6.89. The molecule has 4 heteroatoms. The molecule has 2 fully saturated rings. The first-order valence-corrected chi connectivity index (χ1v) is 8.48. The highest BCUT2D eigenvalue weighted by molar-refractivity contribution is 5.92. The van der Waals surface area contributed by atoms with Crippen molar-refractivity contribution in [1.82, 2.24) is 9.80 Å². The van der Waals surface area contributed by atoms with Crippen LogP contribution in [0.2, 0.25) is 0 Å². The Kier molecular flexibility index (Phi) is 4.79. The molecule has 120 valence electrons. The molecule has 0 spiro atoms. The van der Waals surface area contributed by atoms with Crippen LogP contribution in [0, 0.1) is 0 Å². The van der Waals surface area contributed by atoms with E-state index in [1.54, 1.807) is 0 Å². The fourth-order valence-electron chi connectivity index (χ4n) is 3.55. The quantitative estimate of drug-likeness (QED) is 0.928. The van der Waals surface area contributed by atoms with Gasteiger partial charge in [-0.25, -0.2) is 0 Å². The summed E-state index contributed by atoms with van der Waals surface area (Å²) in [6, 6.07) is 8.87. The van der Waals surface area contributed by atoms with Gasteiger partial charge in [0.05, 0.1) is 6.54 Å². The third-order valence-electron chi connectivity index (χ3n) is 4.90.